The number of aliphatic hydroxyl groups excluding tert-OH is 1. The fraction of sp³-hybridized carbons (Fsp3) is 0.143. The Kier molecular flexibility index (Phi) is 4.18. The van der Waals surface area contributed by atoms with Crippen molar-refractivity contribution < 1.29 is 14.2 Å². The minimum Gasteiger partial charge on any atom is -0.491 e. The van der Waals surface area contributed by atoms with Gasteiger partial charge in [-0.15, -0.1) is 0 Å². The molecule has 18 heavy (non-hydrogen) atoms. The molecule has 0 heterocycles. The van der Waals surface area contributed by atoms with E-state index >= 15 is 0 Å². The second kappa shape index (κ2) is 5.85. The quantitative estimate of drug-likeness (QED) is 0.916. The van der Waals surface area contributed by atoms with Gasteiger partial charge >= 0.3 is 0 Å². The van der Waals surface area contributed by atoms with Crippen LogP contribution in [0, 0.1) is 5.82 Å². The van der Waals surface area contributed by atoms with Crippen LogP contribution in [0.2, 0.25) is 5.02 Å². The van der Waals surface area contributed by atoms with Gasteiger partial charge in [-0.3, -0.25) is 0 Å². The Morgan fingerprint density at radius 3 is 2.61 bits per heavy atom. The van der Waals surface area contributed by atoms with Gasteiger partial charge in [0.15, 0.2) is 0 Å². The molecular formula is C14H12ClFO2. The van der Waals surface area contributed by atoms with Crippen molar-refractivity contribution in [2.75, 3.05) is 6.61 Å². The highest BCUT2D eigenvalue weighted by molar-refractivity contribution is 6.31. The Morgan fingerprint density at radius 1 is 1.17 bits per heavy atom. The van der Waals surface area contributed by atoms with Gasteiger partial charge in [0.05, 0.1) is 0 Å². The summed E-state index contributed by atoms with van der Waals surface area (Å²) in [7, 11) is 0. The van der Waals surface area contributed by atoms with Crippen LogP contribution in [-0.2, 0) is 0 Å². The second-order valence-corrected chi connectivity index (χ2v) is 4.21. The minimum atomic E-state index is -0.964. The fourth-order valence-corrected chi connectivity index (χ4v) is 1.80. The number of aliphatic hydroxyl groups is 1. The van der Waals surface area contributed by atoms with E-state index in [1.807, 2.05) is 18.2 Å². The molecule has 0 amide bonds. The van der Waals surface area contributed by atoms with Crippen LogP contribution in [0.4, 0.5) is 4.39 Å². The van der Waals surface area contributed by atoms with Gasteiger partial charge in [-0.2, -0.15) is 0 Å². The summed E-state index contributed by atoms with van der Waals surface area (Å²) in [5, 5.41) is 10.2. The zero-order chi connectivity index (χ0) is 13.0. The van der Waals surface area contributed by atoms with Gasteiger partial charge in [0.1, 0.15) is 24.3 Å². The van der Waals surface area contributed by atoms with Crippen molar-refractivity contribution in [2.24, 2.45) is 0 Å². The smallest absolute Gasteiger partial charge is 0.123 e. The molecule has 0 bridgehead atoms. The van der Waals surface area contributed by atoms with Crippen molar-refractivity contribution in [2.45, 2.75) is 6.10 Å². The lowest BCUT2D eigenvalue weighted by Crippen LogP contribution is -2.10. The molecular weight excluding hydrogens is 255 g/mol. The monoisotopic (exact) mass is 266 g/mol. The molecule has 0 radical (unpaired) electrons. The Labute approximate surface area is 110 Å². The first-order chi connectivity index (χ1) is 8.66. The summed E-state index contributed by atoms with van der Waals surface area (Å²) in [6.45, 7) is 0.0210. The summed E-state index contributed by atoms with van der Waals surface area (Å²) in [6.07, 6.45) is -0.964. The maximum Gasteiger partial charge on any atom is 0.123 e. The van der Waals surface area contributed by atoms with E-state index in [9.17, 15) is 9.50 Å². The van der Waals surface area contributed by atoms with Gasteiger partial charge in [-0.05, 0) is 30.3 Å². The van der Waals surface area contributed by atoms with E-state index in [0.717, 1.165) is 0 Å². The van der Waals surface area contributed by atoms with E-state index in [1.54, 1.807) is 12.1 Å². The molecule has 2 rings (SSSR count). The van der Waals surface area contributed by atoms with Gasteiger partial charge in [-0.25, -0.2) is 4.39 Å². The lowest BCUT2D eigenvalue weighted by molar-refractivity contribution is 0.108. The van der Waals surface area contributed by atoms with E-state index in [-0.39, 0.29) is 6.61 Å². The largest absolute Gasteiger partial charge is 0.491 e. The minimum absolute atomic E-state index is 0.0210. The normalized spacial score (nSPS) is 12.2. The summed E-state index contributed by atoms with van der Waals surface area (Å²) in [4.78, 5) is 0. The molecule has 0 fully saturated rings. The highest BCUT2D eigenvalue weighted by Gasteiger charge is 2.13. The van der Waals surface area contributed by atoms with Crippen molar-refractivity contribution in [1.82, 2.24) is 0 Å². The van der Waals surface area contributed by atoms with E-state index in [0.29, 0.717) is 16.3 Å². The van der Waals surface area contributed by atoms with Crippen LogP contribution in [0.1, 0.15) is 11.7 Å². The van der Waals surface area contributed by atoms with Crippen molar-refractivity contribution in [3.63, 3.8) is 0 Å². The maximum absolute atomic E-state index is 13.1. The molecule has 2 nitrogen and oxygen atoms in total. The Morgan fingerprint density at radius 2 is 1.89 bits per heavy atom. The average Bonchev–Trinajstić information content (AvgIpc) is 2.40. The third kappa shape index (κ3) is 3.22. The van der Waals surface area contributed by atoms with Crippen LogP contribution in [0.15, 0.2) is 48.5 Å². The maximum atomic E-state index is 13.1. The predicted octanol–water partition coefficient (Wildman–Crippen LogP) is 3.59. The Hall–Kier alpha value is -1.58. The molecule has 1 atom stereocenters. The molecule has 0 aliphatic heterocycles. The molecule has 1 N–H and O–H groups in total. The van der Waals surface area contributed by atoms with Crippen LogP contribution in [0.3, 0.4) is 0 Å². The number of para-hydroxylation sites is 1. The standard InChI is InChI=1S/C14H12ClFO2/c15-13-7-6-10(16)8-12(13)14(17)9-18-11-4-2-1-3-5-11/h1-8,14,17H,9H2. The third-order valence-electron chi connectivity index (χ3n) is 2.47. The molecule has 0 saturated carbocycles. The lowest BCUT2D eigenvalue weighted by atomic mass is 10.1. The molecule has 0 aliphatic rings. The number of hydrogen-bond acceptors (Lipinski definition) is 2. The topological polar surface area (TPSA) is 29.5 Å². The van der Waals surface area contributed by atoms with Gasteiger partial charge in [0.2, 0.25) is 0 Å². The number of rotatable bonds is 4. The Balaban J connectivity index is 2.03. The van der Waals surface area contributed by atoms with E-state index < -0.39 is 11.9 Å². The SMILES string of the molecule is OC(COc1ccccc1)c1cc(F)ccc1Cl. The highest BCUT2D eigenvalue weighted by Crippen LogP contribution is 2.24. The summed E-state index contributed by atoms with van der Waals surface area (Å²) in [5.74, 6) is 0.206. The third-order valence-corrected chi connectivity index (χ3v) is 2.81. The van der Waals surface area contributed by atoms with Gasteiger partial charge in [0, 0.05) is 10.6 Å². The first kappa shape index (κ1) is 12.9. The molecule has 2 aromatic carbocycles. The first-order valence-corrected chi connectivity index (χ1v) is 5.85. The summed E-state index contributed by atoms with van der Waals surface area (Å²) in [5.41, 5.74) is 0.326. The molecule has 4 heteroatoms. The van der Waals surface area contributed by atoms with Crippen LogP contribution < -0.4 is 4.74 Å². The second-order valence-electron chi connectivity index (χ2n) is 3.81. The van der Waals surface area contributed by atoms with E-state index in [4.69, 9.17) is 16.3 Å². The Bertz CT molecular complexity index is 516. The highest BCUT2D eigenvalue weighted by atomic mass is 35.5. The summed E-state index contributed by atoms with van der Waals surface area (Å²) < 4.78 is 18.4. The van der Waals surface area contributed by atoms with E-state index in [1.165, 1.54) is 18.2 Å². The van der Waals surface area contributed by atoms with Crippen LogP contribution in [0.25, 0.3) is 0 Å². The zero-order valence-electron chi connectivity index (χ0n) is 9.51. The number of benzene rings is 2. The number of ether oxygens (including phenoxy) is 1. The predicted molar refractivity (Wildman–Crippen MR) is 68.3 cm³/mol. The molecule has 0 aromatic heterocycles. The molecule has 0 aliphatic carbocycles. The number of halogens is 2. The van der Waals surface area contributed by atoms with Crippen LogP contribution in [0.5, 0.6) is 5.75 Å². The summed E-state index contributed by atoms with van der Waals surface area (Å²) >= 11 is 5.89. The van der Waals surface area contributed by atoms with Gasteiger partial charge in [0.25, 0.3) is 0 Å². The van der Waals surface area contributed by atoms with Crippen molar-refractivity contribution in [3.8, 4) is 5.75 Å². The lowest BCUT2D eigenvalue weighted by Gasteiger charge is -2.14. The van der Waals surface area contributed by atoms with Gasteiger partial charge < -0.3 is 9.84 Å². The molecule has 2 aromatic rings. The van der Waals surface area contributed by atoms with Gasteiger partial charge in [-0.1, -0.05) is 29.8 Å². The summed E-state index contributed by atoms with van der Waals surface area (Å²) in [6, 6.07) is 13.0. The first-order valence-electron chi connectivity index (χ1n) is 5.47. The van der Waals surface area contributed by atoms with Crippen LogP contribution in [-0.4, -0.2) is 11.7 Å². The molecule has 94 valence electrons. The molecule has 1 unspecified atom stereocenters. The van der Waals surface area contributed by atoms with E-state index in [2.05, 4.69) is 0 Å². The fourth-order valence-electron chi connectivity index (χ4n) is 1.55. The van der Waals surface area contributed by atoms with Crippen molar-refractivity contribution in [3.05, 3.63) is 64.9 Å². The average molecular weight is 267 g/mol. The number of hydrogen-bond donors (Lipinski definition) is 1. The molecule has 0 spiro atoms. The van der Waals surface area contributed by atoms with Crippen molar-refractivity contribution >= 4 is 11.6 Å². The molecule has 0 saturated heterocycles. The van der Waals surface area contributed by atoms with Crippen molar-refractivity contribution in [1.29, 1.82) is 0 Å². The van der Waals surface area contributed by atoms with Crippen LogP contribution >= 0.6 is 11.6 Å². The zero-order valence-corrected chi connectivity index (χ0v) is 10.3.